The van der Waals surface area contributed by atoms with E-state index in [9.17, 15) is 0 Å². The molecule has 1 aromatic heterocycles. The number of methoxy groups -OCH3 is 1. The summed E-state index contributed by atoms with van der Waals surface area (Å²) in [5.41, 5.74) is 1.02. The molecule has 1 N–H and O–H groups in total. The SMILES string of the molecule is CCCCCCCCC(NC)c1cc(OC)ncn1. The summed E-state index contributed by atoms with van der Waals surface area (Å²) in [7, 11) is 3.62. The van der Waals surface area contributed by atoms with Gasteiger partial charge in [-0.2, -0.15) is 0 Å². The van der Waals surface area contributed by atoms with Crippen molar-refractivity contribution in [1.29, 1.82) is 0 Å². The van der Waals surface area contributed by atoms with Crippen molar-refractivity contribution in [2.75, 3.05) is 14.2 Å². The zero-order valence-corrected chi connectivity index (χ0v) is 12.5. The van der Waals surface area contributed by atoms with Gasteiger partial charge in [0.15, 0.2) is 0 Å². The molecule has 0 amide bonds. The topological polar surface area (TPSA) is 47.0 Å². The minimum Gasteiger partial charge on any atom is -0.481 e. The molecular formula is C15H27N3O. The molecule has 4 heteroatoms. The van der Waals surface area contributed by atoms with E-state index in [1.165, 1.54) is 38.5 Å². The van der Waals surface area contributed by atoms with E-state index in [1.807, 2.05) is 13.1 Å². The molecule has 0 saturated carbocycles. The first-order chi connectivity index (χ1) is 9.31. The van der Waals surface area contributed by atoms with Crippen molar-refractivity contribution in [3.63, 3.8) is 0 Å². The third-order valence-corrected chi connectivity index (χ3v) is 3.42. The third kappa shape index (κ3) is 6.01. The van der Waals surface area contributed by atoms with E-state index in [-0.39, 0.29) is 0 Å². The van der Waals surface area contributed by atoms with Crippen molar-refractivity contribution in [2.24, 2.45) is 0 Å². The Labute approximate surface area is 117 Å². The normalized spacial score (nSPS) is 12.4. The number of nitrogens with one attached hydrogen (secondary N) is 1. The van der Waals surface area contributed by atoms with E-state index in [1.54, 1.807) is 13.4 Å². The summed E-state index contributed by atoms with van der Waals surface area (Å²) >= 11 is 0. The molecule has 0 radical (unpaired) electrons. The van der Waals surface area contributed by atoms with Crippen LogP contribution in [0.5, 0.6) is 5.88 Å². The van der Waals surface area contributed by atoms with Gasteiger partial charge in [-0.1, -0.05) is 45.4 Å². The Bertz CT molecular complexity index is 344. The molecule has 1 heterocycles. The average molecular weight is 265 g/mol. The van der Waals surface area contributed by atoms with E-state index >= 15 is 0 Å². The van der Waals surface area contributed by atoms with Crippen LogP contribution in [0.1, 0.15) is 63.6 Å². The molecule has 0 aliphatic carbocycles. The Balaban J connectivity index is 2.35. The summed E-state index contributed by atoms with van der Waals surface area (Å²) in [6.45, 7) is 2.25. The maximum Gasteiger partial charge on any atom is 0.216 e. The number of nitrogens with zero attached hydrogens (tertiary/aromatic N) is 2. The van der Waals surface area contributed by atoms with Crippen LogP contribution in [0.25, 0.3) is 0 Å². The molecule has 1 atom stereocenters. The molecule has 1 unspecified atom stereocenters. The fourth-order valence-electron chi connectivity index (χ4n) is 2.22. The lowest BCUT2D eigenvalue weighted by atomic mass is 10.0. The first-order valence-corrected chi connectivity index (χ1v) is 7.35. The van der Waals surface area contributed by atoms with Gasteiger partial charge in [0.2, 0.25) is 5.88 Å². The average Bonchev–Trinajstić information content (AvgIpc) is 2.46. The fourth-order valence-corrected chi connectivity index (χ4v) is 2.22. The van der Waals surface area contributed by atoms with Crippen molar-refractivity contribution >= 4 is 0 Å². The number of ether oxygens (including phenoxy) is 1. The Hall–Kier alpha value is -1.16. The second kappa shape index (κ2) is 9.73. The number of unbranched alkanes of at least 4 members (excludes halogenated alkanes) is 5. The molecule has 108 valence electrons. The monoisotopic (exact) mass is 265 g/mol. The van der Waals surface area contributed by atoms with Gasteiger partial charge in [0, 0.05) is 12.1 Å². The van der Waals surface area contributed by atoms with Gasteiger partial charge in [-0.3, -0.25) is 0 Å². The molecule has 0 aromatic carbocycles. The number of hydrogen-bond donors (Lipinski definition) is 1. The van der Waals surface area contributed by atoms with E-state index in [0.29, 0.717) is 11.9 Å². The van der Waals surface area contributed by atoms with E-state index in [0.717, 1.165) is 12.1 Å². The molecule has 1 aromatic rings. The van der Waals surface area contributed by atoms with Crippen molar-refractivity contribution in [2.45, 2.75) is 57.9 Å². The summed E-state index contributed by atoms with van der Waals surface area (Å²) in [6, 6.07) is 2.21. The van der Waals surface area contributed by atoms with Crippen LogP contribution in [0.2, 0.25) is 0 Å². The van der Waals surface area contributed by atoms with Gasteiger partial charge in [0.25, 0.3) is 0 Å². The highest BCUT2D eigenvalue weighted by Crippen LogP contribution is 2.20. The van der Waals surface area contributed by atoms with Crippen LogP contribution >= 0.6 is 0 Å². The zero-order chi connectivity index (χ0) is 13.9. The van der Waals surface area contributed by atoms with Gasteiger partial charge in [0.05, 0.1) is 12.8 Å². The standard InChI is InChI=1S/C15H27N3O/c1-4-5-6-7-8-9-10-13(16-2)14-11-15(19-3)18-12-17-14/h11-13,16H,4-10H2,1-3H3. The fraction of sp³-hybridized carbons (Fsp3) is 0.733. The maximum absolute atomic E-state index is 5.14. The molecule has 0 spiro atoms. The minimum atomic E-state index is 0.295. The highest BCUT2D eigenvalue weighted by Gasteiger charge is 2.11. The summed E-state index contributed by atoms with van der Waals surface area (Å²) in [5.74, 6) is 0.633. The van der Waals surface area contributed by atoms with Crippen LogP contribution in [0, 0.1) is 0 Å². The largest absolute Gasteiger partial charge is 0.481 e. The summed E-state index contributed by atoms with van der Waals surface area (Å²) < 4.78 is 5.14. The lowest BCUT2D eigenvalue weighted by Gasteiger charge is -2.15. The molecule has 0 saturated heterocycles. The minimum absolute atomic E-state index is 0.295. The number of hydrogen-bond acceptors (Lipinski definition) is 4. The Morgan fingerprint density at radius 3 is 2.58 bits per heavy atom. The summed E-state index contributed by atoms with van der Waals surface area (Å²) in [6.07, 6.45) is 10.6. The van der Waals surface area contributed by atoms with Crippen molar-refractivity contribution in [1.82, 2.24) is 15.3 Å². The Morgan fingerprint density at radius 2 is 1.89 bits per heavy atom. The predicted octanol–water partition coefficient (Wildman–Crippen LogP) is 3.50. The smallest absolute Gasteiger partial charge is 0.216 e. The van der Waals surface area contributed by atoms with Crippen molar-refractivity contribution in [3.8, 4) is 5.88 Å². The van der Waals surface area contributed by atoms with Crippen molar-refractivity contribution < 1.29 is 4.74 Å². The number of aromatic nitrogens is 2. The van der Waals surface area contributed by atoms with Gasteiger partial charge in [0.1, 0.15) is 6.33 Å². The first kappa shape index (κ1) is 15.9. The second-order valence-electron chi connectivity index (χ2n) is 4.88. The summed E-state index contributed by atoms with van der Waals surface area (Å²) in [4.78, 5) is 8.38. The van der Waals surface area contributed by atoms with Crippen LogP contribution in [0.3, 0.4) is 0 Å². The van der Waals surface area contributed by atoms with E-state index in [4.69, 9.17) is 4.74 Å². The molecule has 0 fully saturated rings. The molecule has 1 rings (SSSR count). The molecule has 0 aliphatic heterocycles. The third-order valence-electron chi connectivity index (χ3n) is 3.42. The van der Waals surface area contributed by atoms with E-state index < -0.39 is 0 Å². The Morgan fingerprint density at radius 1 is 1.16 bits per heavy atom. The van der Waals surface area contributed by atoms with Gasteiger partial charge in [-0.25, -0.2) is 9.97 Å². The molecule has 0 bridgehead atoms. The van der Waals surface area contributed by atoms with Crippen LogP contribution in [0.4, 0.5) is 0 Å². The van der Waals surface area contributed by atoms with Crippen LogP contribution in [0.15, 0.2) is 12.4 Å². The lowest BCUT2D eigenvalue weighted by molar-refractivity contribution is 0.393. The summed E-state index contributed by atoms with van der Waals surface area (Å²) in [5, 5.41) is 3.33. The zero-order valence-electron chi connectivity index (χ0n) is 12.5. The lowest BCUT2D eigenvalue weighted by Crippen LogP contribution is -2.17. The van der Waals surface area contributed by atoms with Crippen LogP contribution < -0.4 is 10.1 Å². The van der Waals surface area contributed by atoms with Crippen LogP contribution in [-0.2, 0) is 0 Å². The highest BCUT2D eigenvalue weighted by molar-refractivity contribution is 5.16. The van der Waals surface area contributed by atoms with E-state index in [2.05, 4.69) is 22.2 Å². The molecule has 4 nitrogen and oxygen atoms in total. The second-order valence-corrected chi connectivity index (χ2v) is 4.88. The first-order valence-electron chi connectivity index (χ1n) is 7.35. The predicted molar refractivity (Wildman–Crippen MR) is 78.4 cm³/mol. The van der Waals surface area contributed by atoms with Gasteiger partial charge in [-0.15, -0.1) is 0 Å². The molecule has 19 heavy (non-hydrogen) atoms. The van der Waals surface area contributed by atoms with Gasteiger partial charge < -0.3 is 10.1 Å². The number of rotatable bonds is 10. The van der Waals surface area contributed by atoms with Gasteiger partial charge in [-0.05, 0) is 13.5 Å². The highest BCUT2D eigenvalue weighted by atomic mass is 16.5. The molecular weight excluding hydrogens is 238 g/mol. The van der Waals surface area contributed by atoms with Gasteiger partial charge >= 0.3 is 0 Å². The Kier molecular flexibility index (Phi) is 8.14. The maximum atomic E-state index is 5.14. The van der Waals surface area contributed by atoms with Crippen molar-refractivity contribution in [3.05, 3.63) is 18.1 Å². The van der Waals surface area contributed by atoms with Crippen LogP contribution in [-0.4, -0.2) is 24.1 Å². The molecule has 0 aliphatic rings. The quantitative estimate of drug-likeness (QED) is 0.658.